The molecule has 0 aliphatic heterocycles. The fourth-order valence-electron chi connectivity index (χ4n) is 2.53. The maximum absolute atomic E-state index is 5.65. The monoisotopic (exact) mass is 377 g/mol. The number of hydrogen-bond acceptors (Lipinski definition) is 6. The van der Waals surface area contributed by atoms with Crippen molar-refractivity contribution in [1.29, 1.82) is 0 Å². The van der Waals surface area contributed by atoms with Gasteiger partial charge in [0, 0.05) is 0 Å². The van der Waals surface area contributed by atoms with Gasteiger partial charge in [0.15, 0.2) is 0 Å². The van der Waals surface area contributed by atoms with Crippen LogP contribution in [-0.2, 0) is 0 Å². The zero-order chi connectivity index (χ0) is 19.6. The van der Waals surface area contributed by atoms with E-state index in [9.17, 15) is 0 Å². The molecule has 0 saturated carbocycles. The molecule has 0 atom stereocenters. The van der Waals surface area contributed by atoms with Crippen molar-refractivity contribution >= 4 is 0 Å². The smallest absolute Gasteiger partial charge is 0.326 e. The van der Waals surface area contributed by atoms with E-state index in [0.29, 0.717) is 19.8 Å². The standard InChI is InChI=1S/C21H35N3O3/c1-4-7-8-9-10-11-12-13-14-15-18-27-21-23-19(25-16-5-2)22-20(24-21)26-17-6-3/h5-6H,2-4,7-18H2,1H3. The van der Waals surface area contributed by atoms with Crippen LogP contribution < -0.4 is 14.2 Å². The molecule has 0 saturated heterocycles. The quantitative estimate of drug-likeness (QED) is 0.255. The molecular weight excluding hydrogens is 342 g/mol. The van der Waals surface area contributed by atoms with Crippen LogP contribution in [0.1, 0.15) is 71.1 Å². The van der Waals surface area contributed by atoms with Gasteiger partial charge >= 0.3 is 18.0 Å². The Bertz CT molecular complexity index is 493. The lowest BCUT2D eigenvalue weighted by Crippen LogP contribution is -2.08. The van der Waals surface area contributed by atoms with Crippen molar-refractivity contribution in [2.45, 2.75) is 71.1 Å². The lowest BCUT2D eigenvalue weighted by Gasteiger charge is -2.08. The normalized spacial score (nSPS) is 10.4. The Morgan fingerprint density at radius 3 is 1.48 bits per heavy atom. The highest BCUT2D eigenvalue weighted by Crippen LogP contribution is 2.16. The molecule has 0 radical (unpaired) electrons. The second-order valence-corrected chi connectivity index (χ2v) is 6.41. The summed E-state index contributed by atoms with van der Waals surface area (Å²) in [6, 6.07) is 0.558. The van der Waals surface area contributed by atoms with Gasteiger partial charge < -0.3 is 14.2 Å². The second-order valence-electron chi connectivity index (χ2n) is 6.41. The van der Waals surface area contributed by atoms with Crippen LogP contribution in [0.3, 0.4) is 0 Å². The third kappa shape index (κ3) is 12.0. The van der Waals surface area contributed by atoms with Gasteiger partial charge in [0.25, 0.3) is 0 Å². The lowest BCUT2D eigenvalue weighted by molar-refractivity contribution is 0.248. The van der Waals surface area contributed by atoms with Gasteiger partial charge in [-0.1, -0.05) is 90.0 Å². The minimum Gasteiger partial charge on any atom is -0.463 e. The van der Waals surface area contributed by atoms with Crippen LogP contribution in [0.2, 0.25) is 0 Å². The molecule has 0 bridgehead atoms. The average Bonchev–Trinajstić information content (AvgIpc) is 2.69. The van der Waals surface area contributed by atoms with Crippen LogP contribution in [0, 0.1) is 0 Å². The van der Waals surface area contributed by atoms with Gasteiger partial charge in [0.2, 0.25) is 0 Å². The van der Waals surface area contributed by atoms with Gasteiger partial charge in [0.05, 0.1) is 6.61 Å². The number of aromatic nitrogens is 3. The van der Waals surface area contributed by atoms with E-state index in [-0.39, 0.29) is 18.0 Å². The van der Waals surface area contributed by atoms with Gasteiger partial charge in [-0.25, -0.2) is 0 Å². The average molecular weight is 378 g/mol. The van der Waals surface area contributed by atoms with Gasteiger partial charge in [-0.2, -0.15) is 0 Å². The van der Waals surface area contributed by atoms with Gasteiger partial charge in [-0.3, -0.25) is 0 Å². The highest BCUT2D eigenvalue weighted by molar-refractivity contribution is 5.09. The zero-order valence-electron chi connectivity index (χ0n) is 16.8. The first kappa shape index (κ1) is 22.9. The van der Waals surface area contributed by atoms with E-state index in [2.05, 4.69) is 35.0 Å². The summed E-state index contributed by atoms with van der Waals surface area (Å²) in [4.78, 5) is 12.4. The summed E-state index contributed by atoms with van der Waals surface area (Å²) >= 11 is 0. The van der Waals surface area contributed by atoms with E-state index in [1.54, 1.807) is 12.2 Å². The van der Waals surface area contributed by atoms with Crippen LogP contribution in [0.5, 0.6) is 18.0 Å². The third-order valence-electron chi connectivity index (χ3n) is 3.96. The summed E-state index contributed by atoms with van der Waals surface area (Å²) in [6.07, 6.45) is 16.1. The fraction of sp³-hybridized carbons (Fsp3) is 0.667. The molecule has 1 aromatic heterocycles. The first-order valence-corrected chi connectivity index (χ1v) is 10.2. The summed E-state index contributed by atoms with van der Waals surface area (Å²) in [5, 5.41) is 0. The number of nitrogens with zero attached hydrogens (tertiary/aromatic N) is 3. The van der Waals surface area contributed by atoms with Crippen molar-refractivity contribution in [3.05, 3.63) is 25.3 Å². The highest BCUT2D eigenvalue weighted by atomic mass is 16.5. The minimum atomic E-state index is 0.169. The Labute approximate surface area is 164 Å². The number of rotatable bonds is 18. The summed E-state index contributed by atoms with van der Waals surface area (Å²) in [5.41, 5.74) is 0. The molecule has 1 heterocycles. The summed E-state index contributed by atoms with van der Waals surface area (Å²) < 4.78 is 16.4. The van der Waals surface area contributed by atoms with E-state index in [1.807, 2.05) is 0 Å². The molecular formula is C21H35N3O3. The summed E-state index contributed by atoms with van der Waals surface area (Å²) in [7, 11) is 0. The zero-order valence-corrected chi connectivity index (χ0v) is 16.8. The fourth-order valence-corrected chi connectivity index (χ4v) is 2.53. The van der Waals surface area contributed by atoms with Gasteiger partial charge in [-0.15, -0.1) is 15.0 Å². The SMILES string of the molecule is C=CCOc1nc(OCC=C)nc(OCCCCCCCCCCCC)n1. The number of unbranched alkanes of at least 4 members (excludes halogenated alkanes) is 9. The van der Waals surface area contributed by atoms with Gasteiger partial charge in [-0.05, 0) is 6.42 Å². The van der Waals surface area contributed by atoms with Crippen molar-refractivity contribution in [3.63, 3.8) is 0 Å². The van der Waals surface area contributed by atoms with Crippen LogP contribution in [-0.4, -0.2) is 34.8 Å². The molecule has 0 fully saturated rings. The molecule has 1 aromatic rings. The maximum atomic E-state index is 5.65. The van der Waals surface area contributed by atoms with Crippen molar-refractivity contribution in [3.8, 4) is 18.0 Å². The molecule has 0 unspecified atom stereocenters. The first-order valence-electron chi connectivity index (χ1n) is 10.2. The minimum absolute atomic E-state index is 0.169. The van der Waals surface area contributed by atoms with E-state index < -0.39 is 0 Å². The molecule has 0 amide bonds. The van der Waals surface area contributed by atoms with E-state index in [0.717, 1.165) is 12.8 Å². The Balaban J connectivity index is 2.24. The second kappa shape index (κ2) is 16.1. The van der Waals surface area contributed by atoms with Crippen molar-refractivity contribution in [2.24, 2.45) is 0 Å². The Morgan fingerprint density at radius 2 is 1.04 bits per heavy atom. The molecule has 0 aliphatic rings. The van der Waals surface area contributed by atoms with Crippen LogP contribution in [0.15, 0.2) is 25.3 Å². The first-order chi connectivity index (χ1) is 13.3. The van der Waals surface area contributed by atoms with Crippen molar-refractivity contribution in [1.82, 2.24) is 15.0 Å². The predicted octanol–water partition coefficient (Wildman–Crippen LogP) is 5.30. The van der Waals surface area contributed by atoms with Crippen LogP contribution in [0.25, 0.3) is 0 Å². The van der Waals surface area contributed by atoms with Crippen molar-refractivity contribution < 1.29 is 14.2 Å². The van der Waals surface area contributed by atoms with Gasteiger partial charge in [0.1, 0.15) is 13.2 Å². The van der Waals surface area contributed by atoms with E-state index >= 15 is 0 Å². The summed E-state index contributed by atoms with van der Waals surface area (Å²) in [5.74, 6) is 0. The molecule has 0 aliphatic carbocycles. The Morgan fingerprint density at radius 1 is 0.630 bits per heavy atom. The highest BCUT2D eigenvalue weighted by Gasteiger charge is 2.09. The molecule has 1 rings (SSSR count). The molecule has 0 spiro atoms. The van der Waals surface area contributed by atoms with Crippen molar-refractivity contribution in [2.75, 3.05) is 19.8 Å². The third-order valence-corrected chi connectivity index (χ3v) is 3.96. The molecule has 6 nitrogen and oxygen atoms in total. The van der Waals surface area contributed by atoms with Crippen LogP contribution in [0.4, 0.5) is 0 Å². The Hall–Kier alpha value is -2.11. The lowest BCUT2D eigenvalue weighted by atomic mass is 10.1. The van der Waals surface area contributed by atoms with E-state index in [4.69, 9.17) is 14.2 Å². The molecule has 6 heteroatoms. The van der Waals surface area contributed by atoms with E-state index in [1.165, 1.54) is 51.4 Å². The Kier molecular flexibility index (Phi) is 13.7. The number of hydrogen-bond donors (Lipinski definition) is 0. The maximum Gasteiger partial charge on any atom is 0.326 e. The molecule has 27 heavy (non-hydrogen) atoms. The summed E-state index contributed by atoms with van der Waals surface area (Å²) in [6.45, 7) is 10.7. The molecule has 152 valence electrons. The topological polar surface area (TPSA) is 66.4 Å². The largest absolute Gasteiger partial charge is 0.463 e. The predicted molar refractivity (Wildman–Crippen MR) is 109 cm³/mol. The molecule has 0 aromatic carbocycles. The number of ether oxygens (including phenoxy) is 3. The molecule has 0 N–H and O–H groups in total. The van der Waals surface area contributed by atoms with Crippen LogP contribution >= 0.6 is 0 Å².